The zero-order chi connectivity index (χ0) is 15.9. The fourth-order valence-corrected chi connectivity index (χ4v) is 3.09. The Bertz CT molecular complexity index is 604. The fourth-order valence-electron chi connectivity index (χ4n) is 3.09. The Morgan fingerprint density at radius 3 is 2.22 bits per heavy atom. The Balaban J connectivity index is 1.42. The minimum absolute atomic E-state index is 0.0898. The van der Waals surface area contributed by atoms with E-state index >= 15 is 0 Å². The van der Waals surface area contributed by atoms with Crippen LogP contribution in [-0.4, -0.2) is 30.5 Å². The summed E-state index contributed by atoms with van der Waals surface area (Å²) in [7, 11) is 0. The van der Waals surface area contributed by atoms with Crippen LogP contribution in [0, 0.1) is 5.92 Å². The molecule has 0 aliphatic carbocycles. The van der Waals surface area contributed by atoms with Crippen molar-refractivity contribution in [1.82, 2.24) is 4.90 Å². The van der Waals surface area contributed by atoms with E-state index in [9.17, 15) is 4.79 Å². The Morgan fingerprint density at radius 2 is 1.57 bits per heavy atom. The molecule has 0 spiro atoms. The van der Waals surface area contributed by atoms with Gasteiger partial charge in [-0.2, -0.15) is 0 Å². The monoisotopic (exact) mass is 309 g/mol. The third-order valence-corrected chi connectivity index (χ3v) is 4.44. The highest BCUT2D eigenvalue weighted by Crippen LogP contribution is 2.21. The van der Waals surface area contributed by atoms with E-state index < -0.39 is 0 Å². The average Bonchev–Trinajstić information content (AvgIpc) is 2.62. The van der Waals surface area contributed by atoms with Gasteiger partial charge in [0.05, 0.1) is 0 Å². The van der Waals surface area contributed by atoms with E-state index in [-0.39, 0.29) is 12.5 Å². The van der Waals surface area contributed by atoms with Gasteiger partial charge in [0, 0.05) is 13.1 Å². The van der Waals surface area contributed by atoms with Gasteiger partial charge in [-0.05, 0) is 42.9 Å². The first-order chi connectivity index (χ1) is 11.3. The molecule has 3 heteroatoms. The van der Waals surface area contributed by atoms with Crippen molar-refractivity contribution in [3.05, 3.63) is 66.2 Å². The Labute approximate surface area is 137 Å². The molecule has 120 valence electrons. The number of hydrogen-bond acceptors (Lipinski definition) is 2. The molecule has 0 bridgehead atoms. The molecular formula is C20H23NO2. The SMILES string of the molecule is O=C(COc1ccccc1)N1CCC(Cc2ccccc2)CC1. The summed E-state index contributed by atoms with van der Waals surface area (Å²) >= 11 is 0. The van der Waals surface area contributed by atoms with E-state index in [1.807, 2.05) is 35.2 Å². The van der Waals surface area contributed by atoms with E-state index in [0.717, 1.165) is 38.1 Å². The van der Waals surface area contributed by atoms with Crippen LogP contribution in [0.1, 0.15) is 18.4 Å². The first-order valence-electron chi connectivity index (χ1n) is 8.31. The summed E-state index contributed by atoms with van der Waals surface area (Å²) in [4.78, 5) is 14.2. The number of para-hydroxylation sites is 1. The van der Waals surface area contributed by atoms with Crippen LogP contribution in [0.2, 0.25) is 0 Å². The molecule has 1 saturated heterocycles. The lowest BCUT2D eigenvalue weighted by Gasteiger charge is -2.32. The van der Waals surface area contributed by atoms with E-state index in [2.05, 4.69) is 30.3 Å². The molecule has 0 unspecified atom stereocenters. The van der Waals surface area contributed by atoms with Gasteiger partial charge in [-0.1, -0.05) is 48.5 Å². The highest BCUT2D eigenvalue weighted by molar-refractivity contribution is 5.77. The predicted molar refractivity (Wildman–Crippen MR) is 91.4 cm³/mol. The van der Waals surface area contributed by atoms with Crippen LogP contribution in [0.5, 0.6) is 5.75 Å². The Morgan fingerprint density at radius 1 is 0.957 bits per heavy atom. The van der Waals surface area contributed by atoms with Crippen molar-refractivity contribution in [2.24, 2.45) is 5.92 Å². The molecule has 1 heterocycles. The number of carbonyl (C=O) groups excluding carboxylic acids is 1. The number of piperidine rings is 1. The highest BCUT2D eigenvalue weighted by atomic mass is 16.5. The number of amides is 1. The van der Waals surface area contributed by atoms with Gasteiger partial charge in [0.25, 0.3) is 5.91 Å². The largest absolute Gasteiger partial charge is 0.484 e. The average molecular weight is 309 g/mol. The number of rotatable bonds is 5. The van der Waals surface area contributed by atoms with Crippen molar-refractivity contribution in [2.45, 2.75) is 19.3 Å². The van der Waals surface area contributed by atoms with Crippen molar-refractivity contribution in [2.75, 3.05) is 19.7 Å². The van der Waals surface area contributed by atoms with Gasteiger partial charge < -0.3 is 9.64 Å². The van der Waals surface area contributed by atoms with Crippen LogP contribution in [0.4, 0.5) is 0 Å². The van der Waals surface area contributed by atoms with E-state index in [0.29, 0.717) is 5.92 Å². The molecule has 0 N–H and O–H groups in total. The van der Waals surface area contributed by atoms with Crippen LogP contribution < -0.4 is 4.74 Å². The number of benzene rings is 2. The molecule has 2 aromatic carbocycles. The normalized spacial score (nSPS) is 15.4. The summed E-state index contributed by atoms with van der Waals surface area (Å²) in [6.07, 6.45) is 3.27. The molecule has 23 heavy (non-hydrogen) atoms. The van der Waals surface area contributed by atoms with Crippen LogP contribution in [-0.2, 0) is 11.2 Å². The highest BCUT2D eigenvalue weighted by Gasteiger charge is 2.23. The van der Waals surface area contributed by atoms with Gasteiger partial charge in [0.1, 0.15) is 5.75 Å². The molecule has 1 fully saturated rings. The first-order valence-corrected chi connectivity index (χ1v) is 8.31. The second-order valence-electron chi connectivity index (χ2n) is 6.12. The minimum atomic E-state index is 0.0898. The summed E-state index contributed by atoms with van der Waals surface area (Å²) in [5, 5.41) is 0. The lowest BCUT2D eigenvalue weighted by molar-refractivity contribution is -0.134. The molecule has 1 aliphatic heterocycles. The third kappa shape index (κ3) is 4.59. The molecule has 0 atom stereocenters. The van der Waals surface area contributed by atoms with Crippen molar-refractivity contribution in [3.8, 4) is 5.75 Å². The molecule has 3 rings (SSSR count). The zero-order valence-electron chi connectivity index (χ0n) is 13.4. The van der Waals surface area contributed by atoms with Gasteiger partial charge >= 0.3 is 0 Å². The zero-order valence-corrected chi connectivity index (χ0v) is 13.4. The molecule has 2 aromatic rings. The maximum absolute atomic E-state index is 12.2. The maximum atomic E-state index is 12.2. The topological polar surface area (TPSA) is 29.5 Å². The summed E-state index contributed by atoms with van der Waals surface area (Å²) in [5.74, 6) is 1.52. The van der Waals surface area contributed by atoms with Crippen molar-refractivity contribution in [1.29, 1.82) is 0 Å². The Kier molecular flexibility index (Phi) is 5.30. The standard InChI is InChI=1S/C20H23NO2/c22-20(16-23-19-9-5-2-6-10-19)21-13-11-18(12-14-21)15-17-7-3-1-4-8-17/h1-10,18H,11-16H2. The maximum Gasteiger partial charge on any atom is 0.260 e. The third-order valence-electron chi connectivity index (χ3n) is 4.44. The van der Waals surface area contributed by atoms with E-state index in [1.165, 1.54) is 5.56 Å². The second-order valence-corrected chi connectivity index (χ2v) is 6.12. The number of ether oxygens (including phenoxy) is 1. The molecule has 3 nitrogen and oxygen atoms in total. The minimum Gasteiger partial charge on any atom is -0.484 e. The predicted octanol–water partition coefficient (Wildman–Crippen LogP) is 3.55. The van der Waals surface area contributed by atoms with Crippen LogP contribution in [0.25, 0.3) is 0 Å². The number of nitrogens with zero attached hydrogens (tertiary/aromatic N) is 1. The van der Waals surface area contributed by atoms with Crippen LogP contribution in [0.15, 0.2) is 60.7 Å². The van der Waals surface area contributed by atoms with Crippen molar-refractivity contribution < 1.29 is 9.53 Å². The molecule has 0 saturated carbocycles. The van der Waals surface area contributed by atoms with Gasteiger partial charge in [-0.25, -0.2) is 0 Å². The number of likely N-dealkylation sites (tertiary alicyclic amines) is 1. The molecule has 0 radical (unpaired) electrons. The molecule has 0 aromatic heterocycles. The van der Waals surface area contributed by atoms with Crippen LogP contribution >= 0.6 is 0 Å². The number of carbonyl (C=O) groups is 1. The van der Waals surface area contributed by atoms with Gasteiger partial charge in [0.2, 0.25) is 0 Å². The van der Waals surface area contributed by atoms with Crippen molar-refractivity contribution in [3.63, 3.8) is 0 Å². The lowest BCUT2D eigenvalue weighted by atomic mass is 9.90. The second kappa shape index (κ2) is 7.82. The summed E-state index contributed by atoms with van der Waals surface area (Å²) in [6.45, 7) is 1.82. The van der Waals surface area contributed by atoms with Gasteiger partial charge in [-0.3, -0.25) is 4.79 Å². The first kappa shape index (κ1) is 15.6. The molecule has 1 amide bonds. The summed E-state index contributed by atoms with van der Waals surface area (Å²) < 4.78 is 5.55. The van der Waals surface area contributed by atoms with E-state index in [4.69, 9.17) is 4.74 Å². The number of hydrogen-bond donors (Lipinski definition) is 0. The van der Waals surface area contributed by atoms with Gasteiger partial charge in [-0.15, -0.1) is 0 Å². The molecular weight excluding hydrogens is 286 g/mol. The molecule has 1 aliphatic rings. The van der Waals surface area contributed by atoms with Crippen molar-refractivity contribution >= 4 is 5.91 Å². The fraction of sp³-hybridized carbons (Fsp3) is 0.350. The van der Waals surface area contributed by atoms with Gasteiger partial charge in [0.15, 0.2) is 6.61 Å². The quantitative estimate of drug-likeness (QED) is 0.845. The Hall–Kier alpha value is -2.29. The van der Waals surface area contributed by atoms with E-state index in [1.54, 1.807) is 0 Å². The summed E-state index contributed by atoms with van der Waals surface area (Å²) in [5.41, 5.74) is 1.39. The lowest BCUT2D eigenvalue weighted by Crippen LogP contribution is -2.41. The summed E-state index contributed by atoms with van der Waals surface area (Å²) in [6, 6.07) is 20.1. The smallest absolute Gasteiger partial charge is 0.260 e. The van der Waals surface area contributed by atoms with Crippen LogP contribution in [0.3, 0.4) is 0 Å².